The molecular weight excluding hydrogens is 303 g/mol. The van der Waals surface area contributed by atoms with Crippen LogP contribution in [0, 0.1) is 0 Å². The van der Waals surface area contributed by atoms with Crippen LogP contribution >= 0.6 is 11.6 Å². The quantitative estimate of drug-likeness (QED) is 0.888. The van der Waals surface area contributed by atoms with E-state index in [1.807, 2.05) is 0 Å². The molecule has 1 aromatic heterocycles. The minimum atomic E-state index is -4.78. The summed E-state index contributed by atoms with van der Waals surface area (Å²) in [7, 11) is 0. The summed E-state index contributed by atoms with van der Waals surface area (Å²) in [4.78, 5) is 10.6. The van der Waals surface area contributed by atoms with Gasteiger partial charge in [-0.05, 0) is 12.1 Å². The number of carboxylic acids is 1. The number of alkyl halides is 3. The largest absolute Gasteiger partial charge is 0.506 e. The Bertz CT molecular complexity index is 681. The number of hydrogen-bond donors (Lipinski definition) is 2. The molecule has 0 aliphatic carbocycles. The van der Waals surface area contributed by atoms with E-state index in [9.17, 15) is 23.1 Å². The number of phenols is 1. The van der Waals surface area contributed by atoms with Gasteiger partial charge in [-0.1, -0.05) is 16.8 Å². The molecule has 0 saturated carbocycles. The fourth-order valence-electron chi connectivity index (χ4n) is 1.50. The molecule has 2 aromatic rings. The van der Waals surface area contributed by atoms with Gasteiger partial charge in [-0.25, -0.2) is 4.79 Å². The number of benzene rings is 1. The molecule has 1 aromatic carbocycles. The summed E-state index contributed by atoms with van der Waals surface area (Å²) in [6, 6.07) is 2.09. The molecule has 0 amide bonds. The Balaban J connectivity index is 2.65. The van der Waals surface area contributed by atoms with E-state index in [1.165, 1.54) is 0 Å². The Labute approximate surface area is 114 Å². The summed E-state index contributed by atoms with van der Waals surface area (Å²) in [5, 5.41) is 20.7. The molecule has 5 nitrogen and oxygen atoms in total. The summed E-state index contributed by atoms with van der Waals surface area (Å²) >= 11 is 5.56. The number of aromatic hydroxyl groups is 1. The predicted octanol–water partition coefficient (Wildman–Crippen LogP) is 3.42. The average Bonchev–Trinajstić information content (AvgIpc) is 2.80. The first-order valence-electron chi connectivity index (χ1n) is 5.00. The molecule has 0 spiro atoms. The zero-order valence-electron chi connectivity index (χ0n) is 9.40. The lowest BCUT2D eigenvalue weighted by molar-refractivity contribution is -0.137. The van der Waals surface area contributed by atoms with Gasteiger partial charge in [0.15, 0.2) is 11.5 Å². The lowest BCUT2D eigenvalue weighted by atomic mass is 10.0. The lowest BCUT2D eigenvalue weighted by Crippen LogP contribution is -2.07. The molecule has 0 radical (unpaired) electrons. The first-order valence-corrected chi connectivity index (χ1v) is 5.38. The lowest BCUT2D eigenvalue weighted by Gasteiger charge is -2.12. The molecule has 1 heterocycles. The molecule has 0 saturated heterocycles. The third kappa shape index (κ3) is 2.55. The molecule has 0 aliphatic heterocycles. The van der Waals surface area contributed by atoms with Crippen molar-refractivity contribution in [3.8, 4) is 17.1 Å². The minimum Gasteiger partial charge on any atom is -0.506 e. The number of aromatic nitrogens is 1. The SMILES string of the molecule is O=C(O)c1cc(-c2cc(Cl)c(O)cc2C(F)(F)F)on1. The maximum Gasteiger partial charge on any atom is 0.417 e. The molecule has 0 unspecified atom stereocenters. The highest BCUT2D eigenvalue weighted by Gasteiger charge is 2.36. The molecular formula is C11H5ClF3NO4. The van der Waals surface area contributed by atoms with Gasteiger partial charge in [0.05, 0.1) is 10.6 Å². The van der Waals surface area contributed by atoms with Crippen LogP contribution in [-0.2, 0) is 6.18 Å². The normalized spacial score (nSPS) is 11.6. The van der Waals surface area contributed by atoms with Crippen LogP contribution in [0.4, 0.5) is 13.2 Å². The molecule has 20 heavy (non-hydrogen) atoms. The van der Waals surface area contributed by atoms with E-state index in [1.54, 1.807) is 0 Å². The third-order valence-electron chi connectivity index (χ3n) is 2.39. The van der Waals surface area contributed by atoms with Crippen molar-refractivity contribution in [3.05, 3.63) is 34.5 Å². The van der Waals surface area contributed by atoms with E-state index >= 15 is 0 Å². The fourth-order valence-corrected chi connectivity index (χ4v) is 1.67. The van der Waals surface area contributed by atoms with Gasteiger partial charge in [0.25, 0.3) is 0 Å². The van der Waals surface area contributed by atoms with E-state index in [0.717, 1.165) is 12.1 Å². The van der Waals surface area contributed by atoms with Gasteiger partial charge in [-0.15, -0.1) is 0 Å². The molecule has 0 aliphatic rings. The van der Waals surface area contributed by atoms with E-state index in [4.69, 9.17) is 16.7 Å². The first kappa shape index (κ1) is 14.2. The Kier molecular flexibility index (Phi) is 3.34. The highest BCUT2D eigenvalue weighted by Crippen LogP contribution is 2.41. The first-order chi connectivity index (χ1) is 9.20. The second kappa shape index (κ2) is 4.71. The van der Waals surface area contributed by atoms with Crippen LogP contribution in [0.2, 0.25) is 5.02 Å². The van der Waals surface area contributed by atoms with Crippen molar-refractivity contribution in [1.82, 2.24) is 5.16 Å². The van der Waals surface area contributed by atoms with Gasteiger partial charge in [-0.3, -0.25) is 0 Å². The smallest absolute Gasteiger partial charge is 0.417 e. The van der Waals surface area contributed by atoms with Crippen molar-refractivity contribution in [3.63, 3.8) is 0 Å². The number of hydrogen-bond acceptors (Lipinski definition) is 4. The monoisotopic (exact) mass is 307 g/mol. The molecule has 2 N–H and O–H groups in total. The minimum absolute atomic E-state index is 0.332. The molecule has 2 rings (SSSR count). The van der Waals surface area contributed by atoms with Crippen LogP contribution in [-0.4, -0.2) is 21.3 Å². The summed E-state index contributed by atoms with van der Waals surface area (Å²) in [6.07, 6.45) is -4.78. The number of carbonyl (C=O) groups is 1. The van der Waals surface area contributed by atoms with Crippen molar-refractivity contribution in [1.29, 1.82) is 0 Å². The number of aromatic carboxylic acids is 1. The number of phenolic OH excluding ortho intramolecular Hbond substituents is 1. The number of carboxylic acid groups (broad SMARTS) is 1. The van der Waals surface area contributed by atoms with Crippen LogP contribution in [0.25, 0.3) is 11.3 Å². The Morgan fingerprint density at radius 1 is 1.30 bits per heavy atom. The van der Waals surface area contributed by atoms with Gasteiger partial charge in [0.1, 0.15) is 5.75 Å². The van der Waals surface area contributed by atoms with Crippen LogP contribution in [0.15, 0.2) is 22.7 Å². The van der Waals surface area contributed by atoms with Crippen LogP contribution in [0.1, 0.15) is 16.1 Å². The number of halogens is 4. The van der Waals surface area contributed by atoms with E-state index in [2.05, 4.69) is 9.68 Å². The van der Waals surface area contributed by atoms with Crippen molar-refractivity contribution < 1.29 is 32.7 Å². The van der Waals surface area contributed by atoms with Crippen molar-refractivity contribution in [2.75, 3.05) is 0 Å². The second-order valence-electron chi connectivity index (χ2n) is 3.73. The summed E-state index contributed by atoms with van der Waals surface area (Å²) < 4.78 is 43.2. The van der Waals surface area contributed by atoms with E-state index < -0.39 is 40.5 Å². The van der Waals surface area contributed by atoms with Crippen molar-refractivity contribution in [2.45, 2.75) is 6.18 Å². The predicted molar refractivity (Wildman–Crippen MR) is 60.6 cm³/mol. The Hall–Kier alpha value is -2.22. The standard InChI is InChI=1S/C11H5ClF3NO4/c12-6-1-4(5(2-8(6)17)11(13,14)15)9-3-7(10(18)19)16-20-9/h1-3,17H,(H,18,19). The fraction of sp³-hybridized carbons (Fsp3) is 0.0909. The number of nitrogens with zero attached hydrogens (tertiary/aromatic N) is 1. The van der Waals surface area contributed by atoms with Gasteiger partial charge >= 0.3 is 12.1 Å². The molecule has 0 bridgehead atoms. The van der Waals surface area contributed by atoms with Gasteiger partial charge in [0, 0.05) is 11.6 Å². The van der Waals surface area contributed by atoms with Gasteiger partial charge in [0.2, 0.25) is 0 Å². The summed E-state index contributed by atoms with van der Waals surface area (Å²) in [5.74, 6) is -2.62. The van der Waals surface area contributed by atoms with Crippen molar-refractivity contribution >= 4 is 17.6 Å². The van der Waals surface area contributed by atoms with Crippen LogP contribution < -0.4 is 0 Å². The van der Waals surface area contributed by atoms with E-state index in [0.29, 0.717) is 6.07 Å². The van der Waals surface area contributed by atoms with Crippen LogP contribution in [0.3, 0.4) is 0 Å². The maximum absolute atomic E-state index is 12.9. The topological polar surface area (TPSA) is 83.6 Å². The van der Waals surface area contributed by atoms with E-state index in [-0.39, 0.29) is 5.02 Å². The van der Waals surface area contributed by atoms with Gasteiger partial charge in [-0.2, -0.15) is 13.2 Å². The Morgan fingerprint density at radius 3 is 2.45 bits per heavy atom. The zero-order chi connectivity index (χ0) is 15.1. The summed E-state index contributed by atoms with van der Waals surface area (Å²) in [5.41, 5.74) is -2.27. The highest BCUT2D eigenvalue weighted by molar-refractivity contribution is 6.32. The van der Waals surface area contributed by atoms with Crippen molar-refractivity contribution in [2.24, 2.45) is 0 Å². The Morgan fingerprint density at radius 2 is 1.95 bits per heavy atom. The van der Waals surface area contributed by atoms with Gasteiger partial charge < -0.3 is 14.7 Å². The zero-order valence-corrected chi connectivity index (χ0v) is 10.2. The molecule has 0 atom stereocenters. The molecule has 106 valence electrons. The van der Waals surface area contributed by atoms with Crippen LogP contribution in [0.5, 0.6) is 5.75 Å². The average molecular weight is 308 g/mol. The summed E-state index contributed by atoms with van der Waals surface area (Å²) in [6.45, 7) is 0. The third-order valence-corrected chi connectivity index (χ3v) is 2.69. The molecule has 9 heteroatoms. The number of rotatable bonds is 2. The molecule has 0 fully saturated rings. The maximum atomic E-state index is 12.9. The second-order valence-corrected chi connectivity index (χ2v) is 4.14. The highest BCUT2D eigenvalue weighted by atomic mass is 35.5.